The fourth-order valence-electron chi connectivity index (χ4n) is 2.89. The molecule has 0 spiro atoms. The van der Waals surface area contributed by atoms with Crippen LogP contribution in [-0.2, 0) is 22.7 Å². The summed E-state index contributed by atoms with van der Waals surface area (Å²) in [5.41, 5.74) is 2.18. The number of carbonyl (C=O) groups is 3. The molecule has 1 aliphatic rings. The van der Waals surface area contributed by atoms with Crippen LogP contribution in [0.3, 0.4) is 0 Å². The number of likely N-dealkylation sites (tertiary alicyclic amines) is 1. The SMILES string of the molecule is CN(Cc1cccc(Cl)c1Cl)C(=O)Nc1ccc(CN2C(=O)CCC2=O)cc1. The Morgan fingerprint density at radius 2 is 1.71 bits per heavy atom. The number of anilines is 1. The van der Waals surface area contributed by atoms with E-state index in [1.165, 1.54) is 9.80 Å². The molecule has 4 amide bonds. The van der Waals surface area contributed by atoms with Gasteiger partial charge in [-0.2, -0.15) is 0 Å². The summed E-state index contributed by atoms with van der Waals surface area (Å²) >= 11 is 12.2. The average Bonchev–Trinajstić information content (AvgIpc) is 2.99. The summed E-state index contributed by atoms with van der Waals surface area (Å²) < 4.78 is 0. The minimum Gasteiger partial charge on any atom is -0.323 e. The van der Waals surface area contributed by atoms with Crippen molar-refractivity contribution in [3.63, 3.8) is 0 Å². The summed E-state index contributed by atoms with van der Waals surface area (Å²) in [4.78, 5) is 38.5. The molecule has 146 valence electrons. The number of rotatable bonds is 5. The van der Waals surface area contributed by atoms with Crippen LogP contribution in [0.5, 0.6) is 0 Å². The van der Waals surface area contributed by atoms with Crippen LogP contribution in [0.15, 0.2) is 42.5 Å². The van der Waals surface area contributed by atoms with Gasteiger partial charge in [-0.15, -0.1) is 0 Å². The van der Waals surface area contributed by atoms with Crippen LogP contribution in [0.2, 0.25) is 10.0 Å². The maximum absolute atomic E-state index is 12.4. The summed E-state index contributed by atoms with van der Waals surface area (Å²) in [7, 11) is 1.66. The van der Waals surface area contributed by atoms with E-state index in [0.29, 0.717) is 22.3 Å². The number of carbonyl (C=O) groups excluding carboxylic acids is 3. The van der Waals surface area contributed by atoms with Crippen LogP contribution < -0.4 is 5.32 Å². The standard InChI is InChI=1S/C20H19Cl2N3O3/c1-24(12-14-3-2-4-16(21)19(14)22)20(28)23-15-7-5-13(6-8-15)11-25-17(26)9-10-18(25)27/h2-8H,9-12H2,1H3,(H,23,28). The topological polar surface area (TPSA) is 69.7 Å². The summed E-state index contributed by atoms with van der Waals surface area (Å²) in [5, 5.41) is 3.67. The van der Waals surface area contributed by atoms with Gasteiger partial charge >= 0.3 is 6.03 Å². The molecule has 1 aliphatic heterocycles. The maximum Gasteiger partial charge on any atom is 0.321 e. The number of urea groups is 1. The summed E-state index contributed by atoms with van der Waals surface area (Å²) in [6.45, 7) is 0.557. The third-order valence-corrected chi connectivity index (χ3v) is 5.34. The van der Waals surface area contributed by atoms with Crippen LogP contribution in [0.25, 0.3) is 0 Å². The maximum atomic E-state index is 12.4. The van der Waals surface area contributed by atoms with Gasteiger partial charge in [-0.25, -0.2) is 4.79 Å². The van der Waals surface area contributed by atoms with Gasteiger partial charge in [0.05, 0.1) is 16.6 Å². The molecular formula is C20H19Cl2N3O3. The second-order valence-corrected chi connectivity index (χ2v) is 7.35. The highest BCUT2D eigenvalue weighted by molar-refractivity contribution is 6.42. The van der Waals surface area contributed by atoms with Gasteiger partial charge < -0.3 is 10.2 Å². The Labute approximate surface area is 173 Å². The molecule has 0 unspecified atom stereocenters. The van der Waals surface area contributed by atoms with E-state index in [2.05, 4.69) is 5.32 Å². The number of halogens is 2. The van der Waals surface area contributed by atoms with Crippen molar-refractivity contribution < 1.29 is 14.4 Å². The lowest BCUT2D eigenvalue weighted by atomic mass is 10.2. The largest absolute Gasteiger partial charge is 0.323 e. The molecule has 0 aliphatic carbocycles. The molecule has 0 aromatic heterocycles. The Hall–Kier alpha value is -2.57. The normalized spacial score (nSPS) is 13.8. The van der Waals surface area contributed by atoms with Crippen molar-refractivity contribution in [2.75, 3.05) is 12.4 Å². The van der Waals surface area contributed by atoms with Gasteiger partial charge in [0.15, 0.2) is 0 Å². The number of amides is 4. The quantitative estimate of drug-likeness (QED) is 0.734. The van der Waals surface area contributed by atoms with E-state index >= 15 is 0 Å². The highest BCUT2D eigenvalue weighted by atomic mass is 35.5. The molecule has 6 nitrogen and oxygen atoms in total. The molecule has 1 fully saturated rings. The van der Waals surface area contributed by atoms with Gasteiger partial charge in [0.2, 0.25) is 11.8 Å². The van der Waals surface area contributed by atoms with Crippen molar-refractivity contribution in [3.8, 4) is 0 Å². The van der Waals surface area contributed by atoms with Crippen molar-refractivity contribution in [1.29, 1.82) is 0 Å². The molecule has 1 heterocycles. The number of nitrogens with zero attached hydrogens (tertiary/aromatic N) is 2. The molecule has 8 heteroatoms. The van der Waals surface area contributed by atoms with Gasteiger partial charge in [0, 0.05) is 32.1 Å². The lowest BCUT2D eigenvalue weighted by molar-refractivity contribution is -0.139. The Kier molecular flexibility index (Phi) is 6.21. The van der Waals surface area contributed by atoms with Crippen LogP contribution >= 0.6 is 23.2 Å². The molecule has 2 aromatic carbocycles. The third-order valence-electron chi connectivity index (χ3n) is 4.49. The molecule has 0 radical (unpaired) electrons. The van der Waals surface area contributed by atoms with Crippen molar-refractivity contribution in [2.24, 2.45) is 0 Å². The van der Waals surface area contributed by atoms with E-state index in [9.17, 15) is 14.4 Å². The number of hydrogen-bond acceptors (Lipinski definition) is 3. The molecule has 0 saturated carbocycles. The van der Waals surface area contributed by atoms with E-state index in [0.717, 1.165) is 11.1 Å². The van der Waals surface area contributed by atoms with Crippen molar-refractivity contribution in [1.82, 2.24) is 9.80 Å². The van der Waals surface area contributed by atoms with Gasteiger partial charge in [-0.1, -0.05) is 47.5 Å². The molecule has 0 bridgehead atoms. The van der Waals surface area contributed by atoms with Gasteiger partial charge in [0.1, 0.15) is 0 Å². The van der Waals surface area contributed by atoms with Crippen LogP contribution in [0, 0.1) is 0 Å². The number of imide groups is 1. The predicted octanol–water partition coefficient (Wildman–Crippen LogP) is 4.31. The highest BCUT2D eigenvalue weighted by Gasteiger charge is 2.28. The second kappa shape index (κ2) is 8.63. The zero-order valence-corrected chi connectivity index (χ0v) is 16.8. The van der Waals surface area contributed by atoms with E-state index in [1.54, 1.807) is 43.4 Å². The molecule has 1 N–H and O–H groups in total. The first-order chi connectivity index (χ1) is 13.3. The van der Waals surface area contributed by atoms with Crippen molar-refractivity contribution in [2.45, 2.75) is 25.9 Å². The molecule has 28 heavy (non-hydrogen) atoms. The Morgan fingerprint density at radius 1 is 1.07 bits per heavy atom. The fourth-order valence-corrected chi connectivity index (χ4v) is 3.27. The van der Waals surface area contributed by atoms with Crippen LogP contribution in [-0.4, -0.2) is 34.7 Å². The summed E-state index contributed by atoms with van der Waals surface area (Å²) in [5.74, 6) is -0.299. The monoisotopic (exact) mass is 419 g/mol. The molecule has 2 aromatic rings. The van der Waals surface area contributed by atoms with E-state index in [4.69, 9.17) is 23.2 Å². The summed E-state index contributed by atoms with van der Waals surface area (Å²) in [6.07, 6.45) is 0.548. The zero-order chi connectivity index (χ0) is 20.3. The second-order valence-electron chi connectivity index (χ2n) is 6.57. The van der Waals surface area contributed by atoms with E-state index in [1.807, 2.05) is 6.07 Å². The summed E-state index contributed by atoms with van der Waals surface area (Å²) in [6, 6.07) is 12.0. The Morgan fingerprint density at radius 3 is 2.36 bits per heavy atom. The fraction of sp³-hybridized carbons (Fsp3) is 0.250. The number of nitrogens with one attached hydrogen (secondary N) is 1. The smallest absolute Gasteiger partial charge is 0.321 e. The first kappa shape index (κ1) is 20.2. The van der Waals surface area contributed by atoms with Crippen LogP contribution in [0.1, 0.15) is 24.0 Å². The minimum atomic E-state index is -0.298. The minimum absolute atomic E-state index is 0.149. The molecule has 1 saturated heterocycles. The molecular weight excluding hydrogens is 401 g/mol. The van der Waals surface area contributed by atoms with E-state index in [-0.39, 0.29) is 37.2 Å². The first-order valence-corrected chi connectivity index (χ1v) is 9.48. The van der Waals surface area contributed by atoms with Gasteiger partial charge in [0.25, 0.3) is 0 Å². The Balaban J connectivity index is 1.58. The Bertz CT molecular complexity index is 899. The molecule has 0 atom stereocenters. The lowest BCUT2D eigenvalue weighted by Gasteiger charge is -2.19. The lowest BCUT2D eigenvalue weighted by Crippen LogP contribution is -2.31. The van der Waals surface area contributed by atoms with Crippen molar-refractivity contribution >= 4 is 46.7 Å². The van der Waals surface area contributed by atoms with Gasteiger partial charge in [-0.05, 0) is 29.3 Å². The highest BCUT2D eigenvalue weighted by Crippen LogP contribution is 2.26. The van der Waals surface area contributed by atoms with Crippen molar-refractivity contribution in [3.05, 3.63) is 63.6 Å². The van der Waals surface area contributed by atoms with Gasteiger partial charge in [-0.3, -0.25) is 14.5 Å². The predicted molar refractivity (Wildman–Crippen MR) is 108 cm³/mol. The number of benzene rings is 2. The molecule has 3 rings (SSSR count). The first-order valence-electron chi connectivity index (χ1n) is 8.72. The van der Waals surface area contributed by atoms with Crippen LogP contribution in [0.4, 0.5) is 10.5 Å². The zero-order valence-electron chi connectivity index (χ0n) is 15.2. The third kappa shape index (κ3) is 4.64. The van der Waals surface area contributed by atoms with E-state index < -0.39 is 0 Å². The number of hydrogen-bond donors (Lipinski definition) is 1. The average molecular weight is 420 g/mol.